The third-order valence-corrected chi connectivity index (χ3v) is 2.65. The van der Waals surface area contributed by atoms with Crippen LogP contribution in [0.25, 0.3) is 0 Å². The zero-order valence-electron chi connectivity index (χ0n) is 10.7. The van der Waals surface area contributed by atoms with Crippen LogP contribution in [-0.4, -0.2) is 6.61 Å². The zero-order valence-corrected chi connectivity index (χ0v) is 10.7. The summed E-state index contributed by atoms with van der Waals surface area (Å²) in [5, 5.41) is 2.92. The predicted molar refractivity (Wildman–Crippen MR) is 71.9 cm³/mol. The Morgan fingerprint density at radius 1 is 1.15 bits per heavy atom. The average Bonchev–Trinajstić information content (AvgIpc) is 2.37. The van der Waals surface area contributed by atoms with Crippen LogP contribution in [0.4, 0.5) is 30.2 Å². The normalized spacial score (nSPS) is 10.7. The first kappa shape index (κ1) is 14.0. The Kier molecular flexibility index (Phi) is 4.02. The first-order chi connectivity index (χ1) is 9.45. The van der Waals surface area contributed by atoms with E-state index in [4.69, 9.17) is 5.73 Å². The number of hydrogen-bond acceptors (Lipinski definition) is 3. The van der Waals surface area contributed by atoms with E-state index in [0.29, 0.717) is 11.4 Å². The number of alkyl halides is 2. The van der Waals surface area contributed by atoms with Crippen LogP contribution in [0.5, 0.6) is 5.75 Å². The summed E-state index contributed by atoms with van der Waals surface area (Å²) < 4.78 is 41.8. The molecule has 0 saturated carbocycles. The van der Waals surface area contributed by atoms with Crippen molar-refractivity contribution >= 4 is 17.1 Å². The molecule has 0 radical (unpaired) electrons. The molecule has 2 aromatic carbocycles. The predicted octanol–water partition coefficient (Wildman–Crippen LogP) is 4.06. The molecule has 0 aliphatic rings. The summed E-state index contributed by atoms with van der Waals surface area (Å²) in [6, 6.07) is 9.39. The number of hydrogen-bond donors (Lipinski definition) is 2. The van der Waals surface area contributed by atoms with Crippen molar-refractivity contribution in [1.29, 1.82) is 0 Å². The maximum absolute atomic E-state index is 13.4. The van der Waals surface area contributed by atoms with Crippen LogP contribution >= 0.6 is 0 Å². The van der Waals surface area contributed by atoms with E-state index in [-0.39, 0.29) is 5.69 Å². The summed E-state index contributed by atoms with van der Waals surface area (Å²) in [6.07, 6.45) is 0. The van der Waals surface area contributed by atoms with Gasteiger partial charge in [0.2, 0.25) is 0 Å². The molecule has 0 atom stereocenters. The van der Waals surface area contributed by atoms with Gasteiger partial charge in [-0.25, -0.2) is 4.39 Å². The third-order valence-electron chi connectivity index (χ3n) is 2.65. The number of nitrogen functional groups attached to an aromatic ring is 1. The summed E-state index contributed by atoms with van der Waals surface area (Å²) >= 11 is 0. The molecule has 0 fully saturated rings. The molecule has 0 heterocycles. The number of halogens is 3. The van der Waals surface area contributed by atoms with Crippen LogP contribution in [-0.2, 0) is 0 Å². The molecule has 0 saturated heterocycles. The highest BCUT2D eigenvalue weighted by molar-refractivity contribution is 5.74. The van der Waals surface area contributed by atoms with Crippen molar-refractivity contribution in [3.63, 3.8) is 0 Å². The van der Waals surface area contributed by atoms with E-state index in [2.05, 4.69) is 10.1 Å². The van der Waals surface area contributed by atoms with Gasteiger partial charge in [0.1, 0.15) is 0 Å². The smallest absolute Gasteiger partial charge is 0.387 e. The Balaban J connectivity index is 2.28. The lowest BCUT2D eigenvalue weighted by Crippen LogP contribution is -2.05. The number of aryl methyl sites for hydroxylation is 1. The highest BCUT2D eigenvalue weighted by atomic mass is 19.3. The van der Waals surface area contributed by atoms with Crippen molar-refractivity contribution in [3.8, 4) is 5.75 Å². The van der Waals surface area contributed by atoms with E-state index < -0.39 is 18.2 Å². The lowest BCUT2D eigenvalue weighted by atomic mass is 10.2. The van der Waals surface area contributed by atoms with Gasteiger partial charge in [0, 0.05) is 17.8 Å². The third kappa shape index (κ3) is 3.34. The zero-order chi connectivity index (χ0) is 14.7. The molecule has 0 aliphatic carbocycles. The van der Waals surface area contributed by atoms with Gasteiger partial charge in [0.05, 0.1) is 11.4 Å². The van der Waals surface area contributed by atoms with E-state index >= 15 is 0 Å². The summed E-state index contributed by atoms with van der Waals surface area (Å²) in [5.41, 5.74) is 7.83. The first-order valence-electron chi connectivity index (χ1n) is 5.83. The fraction of sp³-hybridized carbons (Fsp3) is 0.143. The van der Waals surface area contributed by atoms with E-state index in [9.17, 15) is 13.2 Å². The molecule has 0 amide bonds. The second kappa shape index (κ2) is 5.73. The number of benzene rings is 2. The molecule has 3 nitrogen and oxygen atoms in total. The second-order valence-electron chi connectivity index (χ2n) is 4.24. The van der Waals surface area contributed by atoms with Gasteiger partial charge in [-0.2, -0.15) is 8.78 Å². The topological polar surface area (TPSA) is 47.3 Å². The van der Waals surface area contributed by atoms with Crippen molar-refractivity contribution in [3.05, 3.63) is 47.8 Å². The van der Waals surface area contributed by atoms with Gasteiger partial charge < -0.3 is 15.8 Å². The highest BCUT2D eigenvalue weighted by Gasteiger charge is 2.13. The van der Waals surface area contributed by atoms with Crippen LogP contribution in [0.3, 0.4) is 0 Å². The summed E-state index contributed by atoms with van der Waals surface area (Å²) in [6.45, 7) is -1.16. The van der Waals surface area contributed by atoms with Crippen molar-refractivity contribution in [2.45, 2.75) is 13.5 Å². The molecule has 0 aromatic heterocycles. The SMILES string of the molecule is Cc1ccc(Nc2cc(OC(F)F)c(F)cc2N)cc1. The van der Waals surface area contributed by atoms with Crippen LogP contribution in [0.2, 0.25) is 0 Å². The summed E-state index contributed by atoms with van der Waals surface area (Å²) in [4.78, 5) is 0. The van der Waals surface area contributed by atoms with Crippen LogP contribution < -0.4 is 15.8 Å². The van der Waals surface area contributed by atoms with Gasteiger partial charge in [0.15, 0.2) is 11.6 Å². The van der Waals surface area contributed by atoms with Crippen LogP contribution in [0, 0.1) is 12.7 Å². The molecule has 2 aromatic rings. The molecule has 0 aliphatic heterocycles. The van der Waals surface area contributed by atoms with E-state index in [0.717, 1.165) is 17.7 Å². The monoisotopic (exact) mass is 282 g/mol. The van der Waals surface area contributed by atoms with Crippen molar-refractivity contribution in [2.24, 2.45) is 0 Å². The van der Waals surface area contributed by atoms with Gasteiger partial charge in [-0.05, 0) is 19.1 Å². The lowest BCUT2D eigenvalue weighted by molar-refractivity contribution is -0.0521. The quantitative estimate of drug-likeness (QED) is 0.831. The molecule has 0 spiro atoms. The Morgan fingerprint density at radius 2 is 1.80 bits per heavy atom. The fourth-order valence-electron chi connectivity index (χ4n) is 1.66. The maximum atomic E-state index is 13.4. The number of nitrogens with two attached hydrogens (primary N) is 1. The van der Waals surface area contributed by atoms with Gasteiger partial charge >= 0.3 is 6.61 Å². The largest absolute Gasteiger partial charge is 0.432 e. The molecule has 2 rings (SSSR count). The molecule has 6 heteroatoms. The fourth-order valence-corrected chi connectivity index (χ4v) is 1.66. The summed E-state index contributed by atoms with van der Waals surface area (Å²) in [7, 11) is 0. The first-order valence-corrected chi connectivity index (χ1v) is 5.83. The molecule has 0 unspecified atom stereocenters. The van der Waals surface area contributed by atoms with Crippen LogP contribution in [0.15, 0.2) is 36.4 Å². The standard InChI is InChI=1S/C14H13F3N2O/c1-8-2-4-9(5-3-8)19-12-7-13(20-14(16)17)10(15)6-11(12)18/h2-7,14,19H,18H2,1H3. The Hall–Kier alpha value is -2.37. The van der Waals surface area contributed by atoms with Gasteiger partial charge in [-0.15, -0.1) is 0 Å². The average molecular weight is 282 g/mol. The van der Waals surface area contributed by atoms with Crippen molar-refractivity contribution in [2.75, 3.05) is 11.1 Å². The Labute approximate surface area is 114 Å². The molecule has 0 bridgehead atoms. The summed E-state index contributed by atoms with van der Waals surface area (Å²) in [5.74, 6) is -1.49. The minimum atomic E-state index is -3.10. The van der Waals surface area contributed by atoms with Crippen molar-refractivity contribution in [1.82, 2.24) is 0 Å². The number of rotatable bonds is 4. The highest BCUT2D eigenvalue weighted by Crippen LogP contribution is 2.31. The molecule has 3 N–H and O–H groups in total. The van der Waals surface area contributed by atoms with Crippen LogP contribution in [0.1, 0.15) is 5.56 Å². The van der Waals surface area contributed by atoms with E-state index in [1.165, 1.54) is 0 Å². The van der Waals surface area contributed by atoms with Gasteiger partial charge in [-0.3, -0.25) is 0 Å². The number of nitrogens with one attached hydrogen (secondary N) is 1. The van der Waals surface area contributed by atoms with E-state index in [1.807, 2.05) is 19.1 Å². The molecular formula is C14H13F3N2O. The van der Waals surface area contributed by atoms with Gasteiger partial charge in [0.25, 0.3) is 0 Å². The Bertz CT molecular complexity index is 600. The van der Waals surface area contributed by atoms with Gasteiger partial charge in [-0.1, -0.05) is 17.7 Å². The molecule has 20 heavy (non-hydrogen) atoms. The minimum Gasteiger partial charge on any atom is -0.432 e. The number of ether oxygens (including phenoxy) is 1. The lowest BCUT2D eigenvalue weighted by Gasteiger charge is -2.13. The molecule has 106 valence electrons. The number of anilines is 3. The Morgan fingerprint density at radius 3 is 2.40 bits per heavy atom. The maximum Gasteiger partial charge on any atom is 0.387 e. The van der Waals surface area contributed by atoms with E-state index in [1.54, 1.807) is 12.1 Å². The second-order valence-corrected chi connectivity index (χ2v) is 4.24. The minimum absolute atomic E-state index is 0.102. The van der Waals surface area contributed by atoms with Crippen molar-refractivity contribution < 1.29 is 17.9 Å². The molecular weight excluding hydrogens is 269 g/mol.